The van der Waals surface area contributed by atoms with Crippen LogP contribution >= 0.6 is 0 Å². The van der Waals surface area contributed by atoms with Crippen molar-refractivity contribution in [1.29, 1.82) is 0 Å². The number of hydrogen-bond donors (Lipinski definition) is 0. The third-order valence-electron chi connectivity index (χ3n) is 0. The first-order valence-electron chi connectivity index (χ1n) is 1.63. The van der Waals surface area contributed by atoms with E-state index in [1.807, 2.05) is 0 Å². The molecule has 74 valence electrons. The molecule has 0 rings (SSSR count). The van der Waals surface area contributed by atoms with Gasteiger partial charge >= 0.3 is 0 Å². The van der Waals surface area contributed by atoms with Crippen LogP contribution in [0.25, 0.3) is 12.3 Å². The van der Waals surface area contributed by atoms with Crippen molar-refractivity contribution in [2.24, 2.45) is 0 Å². The second-order valence-corrected chi connectivity index (χ2v) is 0. The fourth-order valence-electron chi connectivity index (χ4n) is 0. The normalized spacial score (nSPS) is 1.45. The van der Waals surface area contributed by atoms with Gasteiger partial charge in [0, 0.05) is 21.1 Å². The Morgan fingerprint density at radius 3 is 0.455 bits per heavy atom. The van der Waals surface area contributed by atoms with Gasteiger partial charge in [0.25, 0.3) is 0 Å². The first kappa shape index (κ1) is 76.0. The fraction of sp³-hybridized carbons (Fsp3) is 0. The van der Waals surface area contributed by atoms with Crippen LogP contribution in [0, 0.1) is 26.3 Å². The van der Waals surface area contributed by atoms with Gasteiger partial charge in [-0.1, -0.05) is 0 Å². The number of nitrogens with two attached hydrogens (primary N) is 2. The summed E-state index contributed by atoms with van der Waals surface area (Å²) in [7, 11) is 0. The van der Waals surface area contributed by atoms with Crippen molar-refractivity contribution in [3.05, 3.63) is 64.9 Å². The molecule has 0 heterocycles. The van der Waals surface area contributed by atoms with Crippen molar-refractivity contribution in [2.75, 3.05) is 0 Å². The second-order valence-electron chi connectivity index (χ2n) is 0. The van der Waals surface area contributed by atoms with Crippen LogP contribution in [0.5, 0.6) is 0 Å². The molecule has 0 aromatic carbocycles. The maximum Gasteiger partial charge on any atom is 0 e. The minimum atomic E-state index is 0. The zero-order valence-corrected chi connectivity index (χ0v) is 8.88. The summed E-state index contributed by atoms with van der Waals surface area (Å²) < 4.78 is 0. The third-order valence-corrected chi connectivity index (χ3v) is 0. The molecule has 0 aliphatic rings. The van der Waals surface area contributed by atoms with Gasteiger partial charge in [0.1, 0.15) is 0 Å². The molecule has 0 radical (unpaired) electrons. The minimum absolute atomic E-state index is 0. The van der Waals surface area contributed by atoms with Gasteiger partial charge in [-0.2, -0.15) is 0 Å². The summed E-state index contributed by atoms with van der Waals surface area (Å²) in [6.45, 7) is 28.0. The molecular weight excluding hydrogens is 319 g/mol. The van der Waals surface area contributed by atoms with Crippen LogP contribution < -0.4 is 0 Å². The predicted molar refractivity (Wildman–Crippen MR) is 50.3 cm³/mol. The van der Waals surface area contributed by atoms with E-state index in [1.165, 1.54) is 0 Å². The van der Waals surface area contributed by atoms with Gasteiger partial charge in [-0.15, -0.1) is 0 Å². The average molecular weight is 335 g/mol. The second kappa shape index (κ2) is 3770. The zero-order chi connectivity index (χ0) is 8.00. The molecule has 0 aliphatic carbocycles. The summed E-state index contributed by atoms with van der Waals surface area (Å²) in [5, 5.41) is 0. The van der Waals surface area contributed by atoms with Gasteiger partial charge < -0.3 is 38.6 Å². The summed E-state index contributed by atoms with van der Waals surface area (Å²) in [5.74, 6) is 0. The van der Waals surface area contributed by atoms with Crippen molar-refractivity contribution in [3.8, 4) is 0 Å². The molecule has 3 heteroatoms. The van der Waals surface area contributed by atoms with Crippen LogP contribution in [0.1, 0.15) is 0 Å². The average Bonchev–Trinajstić information content (AvgIpc) is 2.03. The molecule has 0 unspecified atom stereocenters. The molecular formula is C8H16N2Pt-6. The summed E-state index contributed by atoms with van der Waals surface area (Å²) in [6, 6.07) is 0. The predicted octanol–water partition coefficient (Wildman–Crippen LogP) is 3.85. The molecule has 11 heavy (non-hydrogen) atoms. The van der Waals surface area contributed by atoms with E-state index < -0.39 is 0 Å². The van der Waals surface area contributed by atoms with Crippen LogP contribution in [0.15, 0.2) is 26.3 Å². The van der Waals surface area contributed by atoms with E-state index in [-0.39, 0.29) is 33.4 Å². The van der Waals surface area contributed by atoms with Gasteiger partial charge in [0.2, 0.25) is 0 Å². The number of hydrogen-bond acceptors (Lipinski definition) is 0. The Bertz CT molecular complexity index is 20.1. The van der Waals surface area contributed by atoms with Gasteiger partial charge in [-0.25, -0.2) is 0 Å². The molecule has 0 amide bonds. The Morgan fingerprint density at radius 1 is 0.455 bits per heavy atom. The van der Waals surface area contributed by atoms with E-state index in [0.29, 0.717) is 0 Å². The first-order valence-corrected chi connectivity index (χ1v) is 1.63. The van der Waals surface area contributed by atoms with Crippen molar-refractivity contribution in [3.63, 3.8) is 0 Å². The van der Waals surface area contributed by atoms with E-state index in [4.69, 9.17) is 0 Å². The van der Waals surface area contributed by atoms with Crippen LogP contribution in [-0.4, -0.2) is 0 Å². The summed E-state index contributed by atoms with van der Waals surface area (Å²) in [5.41, 5.74) is 0. The molecule has 0 saturated carbocycles. The molecule has 0 bridgehead atoms. The SMILES string of the molecule is [CH-]=C.[CH-]=C.[CH-]=C.[CH-]=C.[NH2-].[NH2-].[Pt]. The van der Waals surface area contributed by atoms with Gasteiger partial charge in [0.15, 0.2) is 0 Å². The Kier molecular flexibility index (Phi) is 26000. The molecule has 2 nitrogen and oxygen atoms in total. The first-order chi connectivity index (χ1) is 4.00. The van der Waals surface area contributed by atoms with Crippen molar-refractivity contribution < 1.29 is 21.1 Å². The van der Waals surface area contributed by atoms with Crippen molar-refractivity contribution >= 4 is 0 Å². The summed E-state index contributed by atoms with van der Waals surface area (Å²) >= 11 is 0. The summed E-state index contributed by atoms with van der Waals surface area (Å²) in [6.07, 6.45) is 0. The fourth-order valence-corrected chi connectivity index (χ4v) is 0. The van der Waals surface area contributed by atoms with Gasteiger partial charge in [0.05, 0.1) is 0 Å². The molecule has 0 aromatic rings. The Hall–Kier alpha value is -0.432. The molecule has 0 aliphatic heterocycles. The van der Waals surface area contributed by atoms with E-state index in [1.54, 1.807) is 0 Å². The van der Waals surface area contributed by atoms with E-state index in [0.717, 1.165) is 0 Å². The van der Waals surface area contributed by atoms with Crippen LogP contribution in [0.4, 0.5) is 0 Å². The molecule has 4 N–H and O–H groups in total. The van der Waals surface area contributed by atoms with Crippen LogP contribution in [0.2, 0.25) is 0 Å². The topological polar surface area (TPSA) is 67.0 Å². The van der Waals surface area contributed by atoms with E-state index >= 15 is 0 Å². The standard InChI is InChI=1S/4C2H3.2H2N.Pt/c4*1-2;;;/h4*1H,2H2;2*1H2;/q6*-1;. The maximum absolute atomic E-state index is 4.25. The van der Waals surface area contributed by atoms with E-state index in [9.17, 15) is 0 Å². The quantitative estimate of drug-likeness (QED) is 0.604. The smallest absolute Gasteiger partial charge is 0 e. The summed E-state index contributed by atoms with van der Waals surface area (Å²) in [4.78, 5) is 0. The number of rotatable bonds is 0. The zero-order valence-electron chi connectivity index (χ0n) is 6.61. The molecule has 0 aromatic heterocycles. The minimum Gasteiger partial charge on any atom is -0.693 e. The molecule has 0 saturated heterocycles. The maximum atomic E-state index is 4.25. The molecule has 0 spiro atoms. The Balaban J connectivity index is -0.00000000356. The van der Waals surface area contributed by atoms with Crippen molar-refractivity contribution in [1.82, 2.24) is 0 Å². The van der Waals surface area contributed by atoms with Crippen molar-refractivity contribution in [2.45, 2.75) is 0 Å². The largest absolute Gasteiger partial charge is 0.693 e. The van der Waals surface area contributed by atoms with Gasteiger partial charge in [-0.3, -0.25) is 26.3 Å². The Labute approximate surface area is 86.2 Å². The van der Waals surface area contributed by atoms with Gasteiger partial charge in [-0.05, 0) is 0 Å². The molecule has 0 atom stereocenters. The molecule has 0 fully saturated rings. The Morgan fingerprint density at radius 2 is 0.455 bits per heavy atom. The third kappa shape index (κ3) is 2940. The van der Waals surface area contributed by atoms with Crippen LogP contribution in [-0.2, 0) is 21.1 Å². The monoisotopic (exact) mass is 335 g/mol. The van der Waals surface area contributed by atoms with Crippen LogP contribution in [0.3, 0.4) is 0 Å². The van der Waals surface area contributed by atoms with E-state index in [2.05, 4.69) is 52.6 Å².